The molecule has 2 aromatic carbocycles. The van der Waals surface area contributed by atoms with E-state index in [1.807, 2.05) is 0 Å². The van der Waals surface area contributed by atoms with Crippen LogP contribution in [0.5, 0.6) is 0 Å². The number of benzene rings is 2. The van der Waals surface area contributed by atoms with Gasteiger partial charge in [-0.3, -0.25) is 0 Å². The molecule has 0 bridgehead atoms. The Kier molecular flexibility index (Phi) is 5.81. The molecule has 0 fully saturated rings. The summed E-state index contributed by atoms with van der Waals surface area (Å²) >= 11 is 0. The summed E-state index contributed by atoms with van der Waals surface area (Å²) < 4.78 is 0. The van der Waals surface area contributed by atoms with Crippen molar-refractivity contribution < 1.29 is 36.7 Å². The van der Waals surface area contributed by atoms with Crippen LogP contribution in [0.1, 0.15) is 20.7 Å². The van der Waals surface area contributed by atoms with Gasteiger partial charge in [0.25, 0.3) is 0 Å². The fourth-order valence-electron chi connectivity index (χ4n) is 1.32. The Hall–Kier alpha value is -2.09. The maximum absolute atomic E-state index is 11.5. The predicted octanol–water partition coefficient (Wildman–Crippen LogP) is 2.61. The maximum atomic E-state index is 11.5. The second-order valence-corrected chi connectivity index (χ2v) is 3.47. The summed E-state index contributed by atoms with van der Waals surface area (Å²) in [6.45, 7) is 0. The van der Waals surface area contributed by atoms with Crippen molar-refractivity contribution in [2.24, 2.45) is 0 Å². The van der Waals surface area contributed by atoms with Crippen LogP contribution in [0.4, 0.5) is 0 Å². The zero-order chi connectivity index (χ0) is 12.8. The van der Waals surface area contributed by atoms with E-state index in [9.17, 15) is 9.59 Å². The van der Waals surface area contributed by atoms with Gasteiger partial charge in [-0.1, -0.05) is 36.4 Å². The molecule has 2 aromatic rings. The molecule has 0 amide bonds. The summed E-state index contributed by atoms with van der Waals surface area (Å²) in [4.78, 5) is 31.9. The molecular weight excluding hydrogens is 284 g/mol. The second kappa shape index (κ2) is 7.37. The normalized spacial score (nSPS) is 9.05. The summed E-state index contributed by atoms with van der Waals surface area (Å²) in [6.07, 6.45) is 0. The number of carbonyl (C=O) groups is 2. The van der Waals surface area contributed by atoms with Gasteiger partial charge in [0.2, 0.25) is 0 Å². The van der Waals surface area contributed by atoms with Gasteiger partial charge < -0.3 is 0 Å². The third-order valence-corrected chi connectivity index (χ3v) is 2.21. The number of carbonyl (C=O) groups excluding carboxylic acids is 2. The SMILES string of the molecule is O=C(OOC(=O)c1ccccc1)c1ccccc1.[Cr]. The van der Waals surface area contributed by atoms with Crippen LogP contribution >= 0.6 is 0 Å². The third-order valence-electron chi connectivity index (χ3n) is 2.21. The zero-order valence-corrected chi connectivity index (χ0v) is 11.1. The van der Waals surface area contributed by atoms with E-state index in [1.54, 1.807) is 60.7 Å². The van der Waals surface area contributed by atoms with Gasteiger partial charge in [0.05, 0.1) is 11.1 Å². The van der Waals surface area contributed by atoms with Gasteiger partial charge in [0.1, 0.15) is 0 Å². The average molecular weight is 294 g/mol. The molecule has 0 saturated heterocycles. The van der Waals surface area contributed by atoms with Crippen LogP contribution in [0.3, 0.4) is 0 Å². The first-order valence-electron chi connectivity index (χ1n) is 5.30. The van der Waals surface area contributed by atoms with E-state index in [1.165, 1.54) is 0 Å². The predicted molar refractivity (Wildman–Crippen MR) is 63.7 cm³/mol. The quantitative estimate of drug-likeness (QED) is 0.631. The zero-order valence-electron chi connectivity index (χ0n) is 9.81. The Morgan fingerprint density at radius 3 is 1.26 bits per heavy atom. The molecule has 0 radical (unpaired) electrons. The van der Waals surface area contributed by atoms with Crippen molar-refractivity contribution in [1.82, 2.24) is 0 Å². The number of rotatable bonds is 2. The molecule has 5 heteroatoms. The Morgan fingerprint density at radius 2 is 0.947 bits per heavy atom. The number of hydrogen-bond donors (Lipinski definition) is 0. The van der Waals surface area contributed by atoms with Crippen molar-refractivity contribution in [3.63, 3.8) is 0 Å². The van der Waals surface area contributed by atoms with Gasteiger partial charge >= 0.3 is 11.9 Å². The Labute approximate surface area is 121 Å². The molecule has 0 saturated carbocycles. The Morgan fingerprint density at radius 1 is 0.632 bits per heavy atom. The van der Waals surface area contributed by atoms with Crippen molar-refractivity contribution >= 4 is 11.9 Å². The van der Waals surface area contributed by atoms with E-state index in [4.69, 9.17) is 0 Å². The van der Waals surface area contributed by atoms with Crippen LogP contribution in [0, 0.1) is 0 Å². The smallest absolute Gasteiger partial charge is 0.242 e. The standard InChI is InChI=1S/C14H10O4.Cr/c15-13(11-7-3-1-4-8-11)17-18-14(16)12-9-5-2-6-10-12;/h1-10H;. The largest absolute Gasteiger partial charge is 0.386 e. The van der Waals surface area contributed by atoms with Crippen molar-refractivity contribution in [3.05, 3.63) is 71.8 Å². The summed E-state index contributed by atoms with van der Waals surface area (Å²) in [6, 6.07) is 16.6. The van der Waals surface area contributed by atoms with E-state index < -0.39 is 11.9 Å². The summed E-state index contributed by atoms with van der Waals surface area (Å²) in [5, 5.41) is 0. The first-order chi connectivity index (χ1) is 8.77. The molecule has 96 valence electrons. The van der Waals surface area contributed by atoms with Crippen LogP contribution in [0.25, 0.3) is 0 Å². The molecule has 0 atom stereocenters. The van der Waals surface area contributed by atoms with Gasteiger partial charge in [-0.2, -0.15) is 0 Å². The van der Waals surface area contributed by atoms with Gasteiger partial charge in [0, 0.05) is 17.4 Å². The minimum absolute atomic E-state index is 0. The first-order valence-corrected chi connectivity index (χ1v) is 5.30. The summed E-state index contributed by atoms with van der Waals surface area (Å²) in [5.41, 5.74) is 0.636. The monoisotopic (exact) mass is 294 g/mol. The molecule has 0 aliphatic carbocycles. The van der Waals surface area contributed by atoms with Crippen LogP contribution in [-0.4, -0.2) is 11.9 Å². The molecule has 0 aliphatic rings. The second-order valence-electron chi connectivity index (χ2n) is 3.47. The van der Waals surface area contributed by atoms with Crippen molar-refractivity contribution in [3.8, 4) is 0 Å². The topological polar surface area (TPSA) is 52.6 Å². The first kappa shape index (κ1) is 15.0. The van der Waals surface area contributed by atoms with Gasteiger partial charge in [-0.05, 0) is 24.3 Å². The molecule has 0 aromatic heterocycles. The van der Waals surface area contributed by atoms with Gasteiger partial charge in [-0.15, -0.1) is 0 Å². The van der Waals surface area contributed by atoms with Crippen molar-refractivity contribution in [1.29, 1.82) is 0 Å². The Balaban J connectivity index is 0.00000180. The maximum Gasteiger partial charge on any atom is 0.386 e. The van der Waals surface area contributed by atoms with Gasteiger partial charge in [0.15, 0.2) is 0 Å². The fraction of sp³-hybridized carbons (Fsp3) is 0. The van der Waals surface area contributed by atoms with Crippen LogP contribution in [0.2, 0.25) is 0 Å². The van der Waals surface area contributed by atoms with E-state index >= 15 is 0 Å². The molecule has 4 nitrogen and oxygen atoms in total. The summed E-state index contributed by atoms with van der Waals surface area (Å²) in [7, 11) is 0. The van der Waals surface area contributed by atoms with E-state index in [0.717, 1.165) is 0 Å². The number of hydrogen-bond acceptors (Lipinski definition) is 4. The molecule has 19 heavy (non-hydrogen) atoms. The van der Waals surface area contributed by atoms with Crippen molar-refractivity contribution in [2.45, 2.75) is 0 Å². The van der Waals surface area contributed by atoms with Crippen LogP contribution in [0.15, 0.2) is 60.7 Å². The van der Waals surface area contributed by atoms with E-state index in [0.29, 0.717) is 11.1 Å². The van der Waals surface area contributed by atoms with Crippen molar-refractivity contribution in [2.75, 3.05) is 0 Å². The van der Waals surface area contributed by atoms with E-state index in [2.05, 4.69) is 9.78 Å². The molecule has 2 rings (SSSR count). The minimum atomic E-state index is -0.708. The third kappa shape index (κ3) is 4.25. The fourth-order valence-corrected chi connectivity index (χ4v) is 1.32. The van der Waals surface area contributed by atoms with E-state index in [-0.39, 0.29) is 17.4 Å². The minimum Gasteiger partial charge on any atom is -0.242 e. The van der Waals surface area contributed by atoms with Crippen LogP contribution < -0.4 is 0 Å². The average Bonchev–Trinajstić information content (AvgIpc) is 2.46. The molecule has 0 unspecified atom stereocenters. The Bertz CT molecular complexity index is 488. The van der Waals surface area contributed by atoms with Gasteiger partial charge in [-0.25, -0.2) is 19.4 Å². The molecule has 0 aliphatic heterocycles. The molecule has 0 spiro atoms. The molecule has 0 N–H and O–H groups in total. The molecular formula is C14H10CrO4. The summed E-state index contributed by atoms with van der Waals surface area (Å²) in [5.74, 6) is -1.42. The molecule has 0 heterocycles. The van der Waals surface area contributed by atoms with Crippen LogP contribution in [-0.2, 0) is 27.1 Å².